The molecule has 1 aliphatic heterocycles. The topological polar surface area (TPSA) is 84.4 Å². The third-order valence-corrected chi connectivity index (χ3v) is 4.25. The first-order chi connectivity index (χ1) is 13.6. The highest BCUT2D eigenvalue weighted by atomic mass is 127. The van der Waals surface area contributed by atoms with Crippen molar-refractivity contribution >= 4 is 41.5 Å². The number of rotatable bonds is 10. The average Bonchev–Trinajstić information content (AvgIpc) is 3.21. The smallest absolute Gasteiger partial charge is 0.243 e. The molecule has 0 spiro atoms. The van der Waals surface area contributed by atoms with Crippen molar-refractivity contribution in [1.82, 2.24) is 10.2 Å². The zero-order chi connectivity index (χ0) is 20.2. The van der Waals surface area contributed by atoms with Crippen molar-refractivity contribution in [3.8, 4) is 5.75 Å². The van der Waals surface area contributed by atoms with Crippen molar-refractivity contribution in [1.29, 1.82) is 0 Å². The molecule has 164 valence electrons. The first kappa shape index (κ1) is 25.4. The summed E-state index contributed by atoms with van der Waals surface area (Å²) in [4.78, 5) is 17.8. The highest BCUT2D eigenvalue weighted by Gasteiger charge is 2.16. The predicted octanol–water partition coefficient (Wildman–Crippen LogP) is 2.34. The molecule has 8 nitrogen and oxygen atoms in total. The molecule has 0 aromatic heterocycles. The van der Waals surface area contributed by atoms with E-state index in [1.54, 1.807) is 21.2 Å². The molecule has 1 aromatic carbocycles. The molecule has 1 fully saturated rings. The van der Waals surface area contributed by atoms with Crippen LogP contribution in [-0.4, -0.2) is 77.0 Å². The molecule has 1 heterocycles. The summed E-state index contributed by atoms with van der Waals surface area (Å²) in [6.45, 7) is 2.78. The summed E-state index contributed by atoms with van der Waals surface area (Å²) in [6, 6.07) is 7.66. The van der Waals surface area contributed by atoms with Gasteiger partial charge in [0.05, 0.1) is 12.7 Å². The van der Waals surface area contributed by atoms with E-state index in [1.807, 2.05) is 24.3 Å². The number of aliphatic imine (C=N–C) groups is 1. The van der Waals surface area contributed by atoms with Crippen LogP contribution in [0.4, 0.5) is 5.69 Å². The highest BCUT2D eigenvalue weighted by molar-refractivity contribution is 14.0. The summed E-state index contributed by atoms with van der Waals surface area (Å²) < 4.78 is 16.4. The van der Waals surface area contributed by atoms with E-state index in [0.29, 0.717) is 25.7 Å². The quantitative estimate of drug-likeness (QED) is 0.213. The summed E-state index contributed by atoms with van der Waals surface area (Å²) in [5, 5.41) is 6.52. The molecule has 2 N–H and O–H groups in total. The maximum atomic E-state index is 11.9. The normalized spacial score (nSPS) is 16.1. The molecule has 1 atom stereocenters. The molecule has 1 aromatic rings. The van der Waals surface area contributed by atoms with Gasteiger partial charge < -0.3 is 29.7 Å². The standard InChI is InChI=1S/C20H32N4O4.HI/c1-24(2)19(25)15-22-20(21-14-18-9-5-11-28-18)23-16-7-4-8-17(13-16)27-12-6-10-26-3;/h4,7-8,13,18H,5-6,9-12,14-15H2,1-3H3,(H2,21,22,23);1H. The Morgan fingerprint density at radius 3 is 2.86 bits per heavy atom. The van der Waals surface area contributed by atoms with E-state index in [1.165, 1.54) is 4.90 Å². The molecule has 1 amide bonds. The van der Waals surface area contributed by atoms with E-state index in [-0.39, 0.29) is 42.5 Å². The lowest BCUT2D eigenvalue weighted by atomic mass is 10.2. The number of hydrogen-bond donors (Lipinski definition) is 2. The molecular weight excluding hydrogens is 487 g/mol. The van der Waals surface area contributed by atoms with Crippen molar-refractivity contribution in [3.05, 3.63) is 24.3 Å². The Hall–Kier alpha value is -1.59. The Balaban J connectivity index is 0.00000420. The van der Waals surface area contributed by atoms with Gasteiger partial charge in [-0.25, -0.2) is 4.99 Å². The minimum Gasteiger partial charge on any atom is -0.493 e. The minimum absolute atomic E-state index is 0. The maximum Gasteiger partial charge on any atom is 0.243 e. The number of anilines is 1. The van der Waals surface area contributed by atoms with Crippen molar-refractivity contribution in [2.75, 3.05) is 59.4 Å². The number of nitrogens with zero attached hydrogens (tertiary/aromatic N) is 2. The zero-order valence-corrected chi connectivity index (χ0v) is 19.8. The van der Waals surface area contributed by atoms with Gasteiger partial charge in [0.1, 0.15) is 12.3 Å². The molecule has 0 bridgehead atoms. The second-order valence-electron chi connectivity index (χ2n) is 6.82. The number of benzene rings is 1. The van der Waals surface area contributed by atoms with Crippen LogP contribution in [0.3, 0.4) is 0 Å². The molecule has 0 saturated carbocycles. The molecule has 0 radical (unpaired) electrons. The minimum atomic E-state index is -0.0616. The number of carbonyl (C=O) groups excluding carboxylic acids is 1. The summed E-state index contributed by atoms with van der Waals surface area (Å²) >= 11 is 0. The van der Waals surface area contributed by atoms with Crippen LogP contribution >= 0.6 is 24.0 Å². The fourth-order valence-corrected chi connectivity index (χ4v) is 2.64. The number of carbonyl (C=O) groups is 1. The van der Waals surface area contributed by atoms with Crippen LogP contribution in [0.15, 0.2) is 29.3 Å². The Labute approximate surface area is 190 Å². The lowest BCUT2D eigenvalue weighted by molar-refractivity contribution is -0.127. The number of ether oxygens (including phenoxy) is 3. The third kappa shape index (κ3) is 10.1. The number of methoxy groups -OCH3 is 1. The van der Waals surface area contributed by atoms with Crippen LogP contribution in [0, 0.1) is 0 Å². The molecule has 9 heteroatoms. The molecule has 1 unspecified atom stereocenters. The number of amides is 1. The number of nitrogens with one attached hydrogen (secondary N) is 2. The summed E-state index contributed by atoms with van der Waals surface area (Å²) in [6.07, 6.45) is 3.11. The van der Waals surface area contributed by atoms with E-state index in [0.717, 1.165) is 37.3 Å². The largest absolute Gasteiger partial charge is 0.493 e. The molecule has 1 saturated heterocycles. The Bertz CT molecular complexity index is 637. The Morgan fingerprint density at radius 2 is 2.17 bits per heavy atom. The molecule has 1 aliphatic rings. The summed E-state index contributed by atoms with van der Waals surface area (Å²) in [7, 11) is 5.11. The first-order valence-corrected chi connectivity index (χ1v) is 9.67. The van der Waals surface area contributed by atoms with E-state index in [9.17, 15) is 4.79 Å². The van der Waals surface area contributed by atoms with Gasteiger partial charge in [0.2, 0.25) is 5.91 Å². The zero-order valence-electron chi connectivity index (χ0n) is 17.5. The van der Waals surface area contributed by atoms with Gasteiger partial charge in [-0.3, -0.25) is 4.79 Å². The van der Waals surface area contributed by atoms with Crippen LogP contribution in [0.25, 0.3) is 0 Å². The molecule has 29 heavy (non-hydrogen) atoms. The van der Waals surface area contributed by atoms with Gasteiger partial charge in [-0.05, 0) is 25.0 Å². The van der Waals surface area contributed by atoms with Crippen molar-refractivity contribution in [3.63, 3.8) is 0 Å². The Kier molecular flexibility index (Phi) is 12.6. The van der Waals surface area contributed by atoms with Gasteiger partial charge in [-0.2, -0.15) is 0 Å². The van der Waals surface area contributed by atoms with Gasteiger partial charge in [-0.15, -0.1) is 24.0 Å². The third-order valence-electron chi connectivity index (χ3n) is 4.25. The summed E-state index contributed by atoms with van der Waals surface area (Å²) in [5.41, 5.74) is 0.833. The van der Waals surface area contributed by atoms with E-state index in [4.69, 9.17) is 14.2 Å². The van der Waals surface area contributed by atoms with Crippen molar-refractivity contribution in [2.45, 2.75) is 25.4 Å². The fraction of sp³-hybridized carbons (Fsp3) is 0.600. The van der Waals surface area contributed by atoms with Crippen molar-refractivity contribution in [2.24, 2.45) is 4.99 Å². The predicted molar refractivity (Wildman–Crippen MR) is 125 cm³/mol. The maximum absolute atomic E-state index is 11.9. The number of guanidine groups is 1. The number of halogens is 1. The van der Waals surface area contributed by atoms with Crippen LogP contribution in [-0.2, 0) is 14.3 Å². The molecule has 0 aliphatic carbocycles. The van der Waals surface area contributed by atoms with Crippen molar-refractivity contribution < 1.29 is 19.0 Å². The van der Waals surface area contributed by atoms with E-state index < -0.39 is 0 Å². The average molecular weight is 520 g/mol. The lowest BCUT2D eigenvalue weighted by Crippen LogP contribution is -2.37. The number of likely N-dealkylation sites (N-methyl/N-ethyl adjacent to an activating group) is 1. The van der Waals surface area contributed by atoms with Gasteiger partial charge in [-0.1, -0.05) is 6.07 Å². The van der Waals surface area contributed by atoms with Gasteiger partial charge >= 0.3 is 0 Å². The number of hydrogen-bond acceptors (Lipinski definition) is 5. The molecular formula is C20H33IN4O4. The van der Waals surface area contributed by atoms with Crippen LogP contribution < -0.4 is 15.4 Å². The van der Waals surface area contributed by atoms with Gasteiger partial charge in [0.25, 0.3) is 0 Å². The van der Waals surface area contributed by atoms with E-state index in [2.05, 4.69) is 15.6 Å². The van der Waals surface area contributed by atoms with Gasteiger partial charge in [0, 0.05) is 59.1 Å². The van der Waals surface area contributed by atoms with Crippen LogP contribution in [0.1, 0.15) is 19.3 Å². The monoisotopic (exact) mass is 520 g/mol. The van der Waals surface area contributed by atoms with Crippen LogP contribution in [0.2, 0.25) is 0 Å². The highest BCUT2D eigenvalue weighted by Crippen LogP contribution is 2.17. The second-order valence-corrected chi connectivity index (χ2v) is 6.82. The summed E-state index contributed by atoms with van der Waals surface area (Å²) in [5.74, 6) is 1.25. The van der Waals surface area contributed by atoms with Crippen LogP contribution in [0.5, 0.6) is 5.75 Å². The molecule has 2 rings (SSSR count). The first-order valence-electron chi connectivity index (χ1n) is 9.67. The lowest BCUT2D eigenvalue weighted by Gasteiger charge is -2.17. The van der Waals surface area contributed by atoms with E-state index >= 15 is 0 Å². The SMILES string of the molecule is COCCCOc1cccc(NC(=NCC(=O)N(C)C)NCC2CCCO2)c1.I. The fourth-order valence-electron chi connectivity index (χ4n) is 2.64. The van der Waals surface area contributed by atoms with Gasteiger partial charge in [0.15, 0.2) is 5.96 Å². The Morgan fingerprint density at radius 1 is 1.34 bits per heavy atom. The second kappa shape index (κ2) is 14.4.